The monoisotopic (exact) mass is 515 g/mol. The number of rotatable bonds is 7. The number of thioether (sulfide) groups is 1. The average Bonchev–Trinajstić information content (AvgIpc) is 2.63. The van der Waals surface area contributed by atoms with Crippen molar-refractivity contribution >= 4 is 53.7 Å². The fourth-order valence-corrected chi connectivity index (χ4v) is 2.63. The van der Waals surface area contributed by atoms with E-state index >= 15 is 0 Å². The Bertz CT molecular complexity index is 485. The minimum Gasteiger partial charge on any atom is -0.450 e. The highest BCUT2D eigenvalue weighted by Gasteiger charge is 2.24. The Morgan fingerprint density at radius 2 is 1.96 bits per heavy atom. The van der Waals surface area contributed by atoms with Gasteiger partial charge in [-0.25, -0.2) is 9.79 Å². The lowest BCUT2D eigenvalue weighted by atomic mass is 10.1. The summed E-state index contributed by atoms with van der Waals surface area (Å²) >= 11 is 1.77. The second kappa shape index (κ2) is 14.1. The van der Waals surface area contributed by atoms with E-state index in [4.69, 9.17) is 4.74 Å². The van der Waals surface area contributed by atoms with Gasteiger partial charge >= 0.3 is 6.09 Å². The maximum Gasteiger partial charge on any atom is 0.409 e. The molecule has 0 spiro atoms. The number of hydrogen-bond donors (Lipinski definition) is 2. The smallest absolute Gasteiger partial charge is 0.409 e. The van der Waals surface area contributed by atoms with Gasteiger partial charge in [-0.05, 0) is 26.0 Å². The maximum atomic E-state index is 11.8. The van der Waals surface area contributed by atoms with Crippen LogP contribution >= 0.6 is 35.7 Å². The lowest BCUT2D eigenvalue weighted by Gasteiger charge is -2.32. The number of halogens is 1. The average molecular weight is 515 g/mol. The summed E-state index contributed by atoms with van der Waals surface area (Å²) in [6.07, 6.45) is 3.46. The zero-order valence-corrected chi connectivity index (χ0v) is 20.1. The lowest BCUT2D eigenvalue weighted by molar-refractivity contribution is -0.127. The molecule has 0 aliphatic carbocycles. The van der Waals surface area contributed by atoms with Gasteiger partial charge in [0, 0.05) is 45.0 Å². The highest BCUT2D eigenvalue weighted by Crippen LogP contribution is 2.11. The zero-order chi connectivity index (χ0) is 19.5. The molecule has 1 saturated heterocycles. The van der Waals surface area contributed by atoms with Gasteiger partial charge in [0.15, 0.2) is 5.96 Å². The summed E-state index contributed by atoms with van der Waals surface area (Å²) in [4.78, 5) is 31.3. The fraction of sp³-hybridized carbons (Fsp3) is 0.824. The van der Waals surface area contributed by atoms with Crippen LogP contribution in [0.25, 0.3) is 0 Å². The van der Waals surface area contributed by atoms with Gasteiger partial charge in [-0.2, -0.15) is 11.8 Å². The first-order valence-corrected chi connectivity index (χ1v) is 10.4. The predicted octanol–water partition coefficient (Wildman–Crippen LogP) is 1.60. The van der Waals surface area contributed by atoms with Crippen molar-refractivity contribution in [2.45, 2.75) is 38.0 Å². The standard InChI is InChI=1S/C17H33N5O3S.HI/c1-6-25-17(24)22-9-7-14(8-10-22)20-16(18-11-13(2)26-5)19-12-15(23)21(3)4;/h13-14H,6-12H2,1-5H3,(H2,18,19,20);1H. The van der Waals surface area contributed by atoms with Crippen LogP contribution in [0, 0.1) is 0 Å². The van der Waals surface area contributed by atoms with Gasteiger partial charge in [0.1, 0.15) is 6.54 Å². The molecule has 0 bridgehead atoms. The summed E-state index contributed by atoms with van der Waals surface area (Å²) in [7, 11) is 3.44. The summed E-state index contributed by atoms with van der Waals surface area (Å²) < 4.78 is 5.05. The minimum atomic E-state index is -0.247. The van der Waals surface area contributed by atoms with Crippen molar-refractivity contribution in [1.82, 2.24) is 20.4 Å². The van der Waals surface area contributed by atoms with Gasteiger partial charge in [0.05, 0.1) is 6.61 Å². The van der Waals surface area contributed by atoms with E-state index in [2.05, 4.69) is 28.8 Å². The van der Waals surface area contributed by atoms with E-state index < -0.39 is 0 Å². The molecule has 1 unspecified atom stereocenters. The van der Waals surface area contributed by atoms with Crippen molar-refractivity contribution in [1.29, 1.82) is 0 Å². The molecule has 8 nitrogen and oxygen atoms in total. The summed E-state index contributed by atoms with van der Waals surface area (Å²) in [6, 6.07) is 0.214. The molecule has 27 heavy (non-hydrogen) atoms. The molecule has 0 radical (unpaired) electrons. The molecule has 1 atom stereocenters. The van der Waals surface area contributed by atoms with E-state index in [-0.39, 0.29) is 48.6 Å². The number of carbonyl (C=O) groups excluding carboxylic acids is 2. The predicted molar refractivity (Wildman–Crippen MR) is 122 cm³/mol. The molecular weight excluding hydrogens is 481 g/mol. The number of hydrogen-bond acceptors (Lipinski definition) is 5. The third-order valence-corrected chi connectivity index (χ3v) is 5.16. The van der Waals surface area contributed by atoms with Crippen molar-refractivity contribution in [2.24, 2.45) is 4.99 Å². The Morgan fingerprint density at radius 3 is 2.48 bits per heavy atom. The molecular formula is C17H34IN5O3S. The van der Waals surface area contributed by atoms with Crippen molar-refractivity contribution in [3.8, 4) is 0 Å². The molecule has 2 N–H and O–H groups in total. The number of amides is 2. The van der Waals surface area contributed by atoms with Crippen LogP contribution in [0.3, 0.4) is 0 Å². The number of aliphatic imine (C=N–C) groups is 1. The molecule has 0 aromatic carbocycles. The molecule has 0 aromatic rings. The topological polar surface area (TPSA) is 86.3 Å². The Labute approximate surface area is 184 Å². The molecule has 1 rings (SSSR count). The molecule has 0 saturated carbocycles. The van der Waals surface area contributed by atoms with E-state index in [1.807, 2.05) is 6.92 Å². The highest BCUT2D eigenvalue weighted by molar-refractivity contribution is 14.0. The lowest BCUT2D eigenvalue weighted by Crippen LogP contribution is -2.50. The van der Waals surface area contributed by atoms with Gasteiger partial charge in [0.2, 0.25) is 5.91 Å². The first kappa shape index (κ1) is 26.1. The first-order chi connectivity index (χ1) is 12.4. The van der Waals surface area contributed by atoms with E-state index in [0.29, 0.717) is 30.9 Å². The van der Waals surface area contributed by atoms with Crippen LogP contribution in [-0.2, 0) is 9.53 Å². The second-order valence-corrected chi connectivity index (χ2v) is 7.76. The van der Waals surface area contributed by atoms with Crippen LogP contribution in [-0.4, -0.2) is 92.2 Å². The molecule has 1 fully saturated rings. The van der Waals surface area contributed by atoms with Gasteiger partial charge in [-0.1, -0.05) is 6.92 Å². The van der Waals surface area contributed by atoms with Gasteiger partial charge in [-0.3, -0.25) is 4.79 Å². The van der Waals surface area contributed by atoms with E-state index in [9.17, 15) is 9.59 Å². The largest absolute Gasteiger partial charge is 0.450 e. The highest BCUT2D eigenvalue weighted by atomic mass is 127. The summed E-state index contributed by atoms with van der Waals surface area (Å²) in [5.74, 6) is 0.608. The summed E-state index contributed by atoms with van der Waals surface area (Å²) in [5.41, 5.74) is 0. The Balaban J connectivity index is 0.00000676. The van der Waals surface area contributed by atoms with Crippen LogP contribution in [0.5, 0.6) is 0 Å². The van der Waals surface area contributed by atoms with E-state index in [1.165, 1.54) is 4.90 Å². The number of nitrogens with one attached hydrogen (secondary N) is 2. The number of guanidine groups is 1. The number of ether oxygens (including phenoxy) is 1. The number of nitrogens with zero attached hydrogens (tertiary/aromatic N) is 3. The molecule has 1 aliphatic heterocycles. The minimum absolute atomic E-state index is 0. The molecule has 10 heteroatoms. The van der Waals surface area contributed by atoms with Crippen LogP contribution in [0.15, 0.2) is 4.99 Å². The number of piperidine rings is 1. The molecule has 1 heterocycles. The van der Waals surface area contributed by atoms with Gasteiger partial charge in [-0.15, -0.1) is 24.0 Å². The van der Waals surface area contributed by atoms with Gasteiger partial charge < -0.3 is 25.2 Å². The Hall–Kier alpha value is -0.910. The normalized spacial score (nSPS) is 16.2. The van der Waals surface area contributed by atoms with Crippen LogP contribution in [0.2, 0.25) is 0 Å². The molecule has 2 amide bonds. The van der Waals surface area contributed by atoms with Gasteiger partial charge in [0.25, 0.3) is 0 Å². The fourth-order valence-electron chi connectivity index (χ4n) is 2.38. The SMILES string of the molecule is CCOC(=O)N1CCC(NC(=NCC(=O)N(C)C)NCC(C)SC)CC1.I. The van der Waals surface area contributed by atoms with Crippen LogP contribution in [0.1, 0.15) is 26.7 Å². The zero-order valence-electron chi connectivity index (χ0n) is 17.0. The summed E-state index contributed by atoms with van der Waals surface area (Å²) in [6.45, 7) is 6.53. The molecule has 158 valence electrons. The van der Waals surface area contributed by atoms with Crippen molar-refractivity contribution < 1.29 is 14.3 Å². The van der Waals surface area contributed by atoms with Crippen molar-refractivity contribution in [3.05, 3.63) is 0 Å². The molecule has 0 aromatic heterocycles. The number of likely N-dealkylation sites (tertiary alicyclic amines) is 1. The van der Waals surface area contributed by atoms with Crippen molar-refractivity contribution in [2.75, 3.05) is 53.1 Å². The first-order valence-electron chi connectivity index (χ1n) is 9.06. The maximum absolute atomic E-state index is 11.8. The number of likely N-dealkylation sites (N-methyl/N-ethyl adjacent to an activating group) is 1. The third-order valence-electron chi connectivity index (χ3n) is 4.19. The quantitative estimate of drug-likeness (QED) is 0.305. The summed E-state index contributed by atoms with van der Waals surface area (Å²) in [5, 5.41) is 7.15. The van der Waals surface area contributed by atoms with Crippen LogP contribution in [0.4, 0.5) is 4.79 Å². The van der Waals surface area contributed by atoms with Crippen molar-refractivity contribution in [3.63, 3.8) is 0 Å². The third kappa shape index (κ3) is 10.3. The van der Waals surface area contributed by atoms with Crippen LogP contribution < -0.4 is 10.6 Å². The Kier molecular flexibility index (Phi) is 13.7. The Morgan fingerprint density at radius 1 is 1.33 bits per heavy atom. The van der Waals surface area contributed by atoms with E-state index in [1.54, 1.807) is 30.8 Å². The number of carbonyl (C=O) groups is 2. The molecule has 1 aliphatic rings. The van der Waals surface area contributed by atoms with E-state index in [0.717, 1.165) is 19.4 Å². The second-order valence-electron chi connectivity index (χ2n) is 6.48.